The van der Waals surface area contributed by atoms with Gasteiger partial charge in [0.1, 0.15) is 6.17 Å². The summed E-state index contributed by atoms with van der Waals surface area (Å²) in [4.78, 5) is 4.89. The molecule has 2 heterocycles. The van der Waals surface area contributed by atoms with Crippen molar-refractivity contribution < 1.29 is 4.39 Å². The Labute approximate surface area is 92.4 Å². The first-order valence-corrected chi connectivity index (χ1v) is 6.29. The molecule has 1 unspecified atom stereocenters. The van der Waals surface area contributed by atoms with Crippen molar-refractivity contribution >= 4 is 0 Å². The SMILES string of the molecule is CC(C)N1CCC(N2CCC(F)C2)CC1. The summed E-state index contributed by atoms with van der Waals surface area (Å²) in [5, 5.41) is 0. The average molecular weight is 214 g/mol. The van der Waals surface area contributed by atoms with Gasteiger partial charge in [-0.15, -0.1) is 0 Å². The molecule has 0 saturated carbocycles. The second kappa shape index (κ2) is 4.79. The lowest BCUT2D eigenvalue weighted by Crippen LogP contribution is -2.46. The Balaban J connectivity index is 1.78. The number of alkyl halides is 1. The molecule has 2 aliphatic heterocycles. The first-order valence-electron chi connectivity index (χ1n) is 6.29. The van der Waals surface area contributed by atoms with Gasteiger partial charge in [0.15, 0.2) is 0 Å². The molecular weight excluding hydrogens is 191 g/mol. The van der Waals surface area contributed by atoms with Crippen molar-refractivity contribution in [2.24, 2.45) is 0 Å². The van der Waals surface area contributed by atoms with Gasteiger partial charge >= 0.3 is 0 Å². The molecule has 2 aliphatic rings. The van der Waals surface area contributed by atoms with E-state index in [1.54, 1.807) is 0 Å². The molecule has 1 atom stereocenters. The molecule has 2 rings (SSSR count). The van der Waals surface area contributed by atoms with Crippen LogP contribution in [-0.4, -0.2) is 54.2 Å². The van der Waals surface area contributed by atoms with Crippen LogP contribution in [0.25, 0.3) is 0 Å². The van der Waals surface area contributed by atoms with Gasteiger partial charge in [0.25, 0.3) is 0 Å². The van der Waals surface area contributed by atoms with E-state index in [4.69, 9.17) is 0 Å². The summed E-state index contributed by atoms with van der Waals surface area (Å²) in [7, 11) is 0. The summed E-state index contributed by atoms with van der Waals surface area (Å²) in [6, 6.07) is 1.32. The zero-order valence-electron chi connectivity index (χ0n) is 9.95. The Morgan fingerprint density at radius 1 is 1.07 bits per heavy atom. The van der Waals surface area contributed by atoms with Crippen molar-refractivity contribution in [1.82, 2.24) is 9.80 Å². The summed E-state index contributed by atoms with van der Waals surface area (Å²) in [6.45, 7) is 8.56. The quantitative estimate of drug-likeness (QED) is 0.693. The number of rotatable bonds is 2. The molecule has 0 aromatic heterocycles. The van der Waals surface area contributed by atoms with E-state index in [0.29, 0.717) is 18.6 Å². The van der Waals surface area contributed by atoms with Gasteiger partial charge in [0, 0.05) is 25.2 Å². The van der Waals surface area contributed by atoms with Gasteiger partial charge in [-0.05, 0) is 46.2 Å². The molecule has 0 aromatic rings. The minimum Gasteiger partial charge on any atom is -0.301 e. The molecule has 0 radical (unpaired) electrons. The molecule has 0 N–H and O–H groups in total. The van der Waals surface area contributed by atoms with E-state index in [2.05, 4.69) is 23.6 Å². The van der Waals surface area contributed by atoms with E-state index < -0.39 is 6.17 Å². The largest absolute Gasteiger partial charge is 0.301 e. The molecule has 0 spiro atoms. The monoisotopic (exact) mass is 214 g/mol. The second-order valence-electron chi connectivity index (χ2n) is 5.24. The van der Waals surface area contributed by atoms with Crippen LogP contribution in [0.4, 0.5) is 4.39 Å². The van der Waals surface area contributed by atoms with Crippen molar-refractivity contribution in [3.05, 3.63) is 0 Å². The predicted octanol–water partition coefficient (Wildman–Crippen LogP) is 1.90. The number of halogens is 1. The Morgan fingerprint density at radius 2 is 1.73 bits per heavy atom. The third kappa shape index (κ3) is 2.70. The van der Waals surface area contributed by atoms with Crippen LogP contribution in [0, 0.1) is 0 Å². The lowest BCUT2D eigenvalue weighted by molar-refractivity contribution is 0.103. The molecule has 88 valence electrons. The summed E-state index contributed by atoms with van der Waals surface area (Å²) < 4.78 is 13.1. The molecular formula is C12H23FN2. The van der Waals surface area contributed by atoms with Crippen LogP contribution in [0.15, 0.2) is 0 Å². The van der Waals surface area contributed by atoms with Crippen LogP contribution in [0.2, 0.25) is 0 Å². The normalized spacial score (nSPS) is 31.6. The van der Waals surface area contributed by atoms with Gasteiger partial charge in [0.2, 0.25) is 0 Å². The highest BCUT2D eigenvalue weighted by Crippen LogP contribution is 2.23. The van der Waals surface area contributed by atoms with Crippen LogP contribution in [0.1, 0.15) is 33.1 Å². The Hall–Kier alpha value is -0.150. The Morgan fingerprint density at radius 3 is 2.20 bits per heavy atom. The highest BCUT2D eigenvalue weighted by atomic mass is 19.1. The number of nitrogens with zero attached hydrogens (tertiary/aromatic N) is 2. The third-order valence-corrected chi connectivity index (χ3v) is 3.91. The second-order valence-corrected chi connectivity index (χ2v) is 5.24. The number of piperidine rings is 1. The first kappa shape index (κ1) is 11.3. The smallest absolute Gasteiger partial charge is 0.114 e. The topological polar surface area (TPSA) is 6.48 Å². The lowest BCUT2D eigenvalue weighted by atomic mass is 10.0. The van der Waals surface area contributed by atoms with Crippen molar-refractivity contribution in [2.45, 2.75) is 51.4 Å². The van der Waals surface area contributed by atoms with Gasteiger partial charge in [-0.3, -0.25) is 4.90 Å². The molecule has 0 aliphatic carbocycles. The van der Waals surface area contributed by atoms with Crippen LogP contribution in [0.3, 0.4) is 0 Å². The van der Waals surface area contributed by atoms with Crippen LogP contribution in [-0.2, 0) is 0 Å². The Bertz CT molecular complexity index is 200. The Kier molecular flexibility index (Phi) is 3.62. The van der Waals surface area contributed by atoms with Crippen molar-refractivity contribution in [3.8, 4) is 0 Å². The van der Waals surface area contributed by atoms with E-state index >= 15 is 0 Å². The van der Waals surface area contributed by atoms with Crippen LogP contribution in [0.5, 0.6) is 0 Å². The lowest BCUT2D eigenvalue weighted by Gasteiger charge is -2.38. The van der Waals surface area contributed by atoms with E-state index in [1.807, 2.05) is 0 Å². The van der Waals surface area contributed by atoms with Crippen LogP contribution >= 0.6 is 0 Å². The highest BCUT2D eigenvalue weighted by molar-refractivity contribution is 4.85. The summed E-state index contributed by atoms with van der Waals surface area (Å²) in [6.07, 6.45) is 2.65. The van der Waals surface area contributed by atoms with E-state index in [1.165, 1.54) is 25.9 Å². The molecule has 2 nitrogen and oxygen atoms in total. The third-order valence-electron chi connectivity index (χ3n) is 3.91. The van der Waals surface area contributed by atoms with E-state index in [-0.39, 0.29) is 0 Å². The zero-order valence-corrected chi connectivity index (χ0v) is 9.95. The summed E-state index contributed by atoms with van der Waals surface area (Å²) in [5.41, 5.74) is 0. The van der Waals surface area contributed by atoms with Gasteiger partial charge < -0.3 is 4.90 Å². The number of hydrogen-bond acceptors (Lipinski definition) is 2. The molecule has 2 saturated heterocycles. The summed E-state index contributed by atoms with van der Waals surface area (Å²) in [5.74, 6) is 0. The molecule has 15 heavy (non-hydrogen) atoms. The van der Waals surface area contributed by atoms with E-state index in [0.717, 1.165) is 13.0 Å². The van der Waals surface area contributed by atoms with Crippen molar-refractivity contribution in [3.63, 3.8) is 0 Å². The maximum atomic E-state index is 13.1. The minimum absolute atomic E-state index is 0.562. The number of likely N-dealkylation sites (tertiary alicyclic amines) is 2. The van der Waals surface area contributed by atoms with Gasteiger partial charge in [0.05, 0.1) is 0 Å². The fourth-order valence-corrected chi connectivity index (χ4v) is 2.84. The number of hydrogen-bond donors (Lipinski definition) is 0. The van der Waals surface area contributed by atoms with Gasteiger partial charge in [-0.25, -0.2) is 4.39 Å². The van der Waals surface area contributed by atoms with E-state index in [9.17, 15) is 4.39 Å². The van der Waals surface area contributed by atoms with Crippen molar-refractivity contribution in [2.75, 3.05) is 26.2 Å². The fraction of sp³-hybridized carbons (Fsp3) is 1.00. The molecule has 0 aromatic carbocycles. The molecule has 2 fully saturated rings. The van der Waals surface area contributed by atoms with Crippen LogP contribution < -0.4 is 0 Å². The minimum atomic E-state index is -0.562. The average Bonchev–Trinajstić information content (AvgIpc) is 2.65. The standard InChI is InChI=1S/C12H23FN2/c1-10(2)14-7-4-12(5-8-14)15-6-3-11(13)9-15/h10-12H,3-9H2,1-2H3. The van der Waals surface area contributed by atoms with Crippen molar-refractivity contribution in [1.29, 1.82) is 0 Å². The molecule has 0 bridgehead atoms. The molecule has 0 amide bonds. The maximum absolute atomic E-state index is 13.1. The van der Waals surface area contributed by atoms with Gasteiger partial charge in [-0.1, -0.05) is 0 Å². The maximum Gasteiger partial charge on any atom is 0.114 e. The van der Waals surface area contributed by atoms with Gasteiger partial charge in [-0.2, -0.15) is 0 Å². The zero-order chi connectivity index (χ0) is 10.8. The fourth-order valence-electron chi connectivity index (χ4n) is 2.84. The first-order chi connectivity index (χ1) is 7.16. The predicted molar refractivity (Wildman–Crippen MR) is 60.8 cm³/mol. The summed E-state index contributed by atoms with van der Waals surface area (Å²) >= 11 is 0. The molecule has 3 heteroatoms. The highest BCUT2D eigenvalue weighted by Gasteiger charge is 2.30.